The van der Waals surface area contributed by atoms with Gasteiger partial charge >= 0.3 is 12.1 Å². The summed E-state index contributed by atoms with van der Waals surface area (Å²) in [4.78, 5) is 60.3. The minimum Gasteiger partial charge on any atom is -0.456 e. The molecule has 1 fully saturated rings. The van der Waals surface area contributed by atoms with Gasteiger partial charge in [0.15, 0.2) is 0 Å². The number of non-ortho nitro benzene ring substituents is 2. The highest BCUT2D eigenvalue weighted by molar-refractivity contribution is 8.03. The maximum atomic E-state index is 13.1. The van der Waals surface area contributed by atoms with E-state index in [-0.39, 0.29) is 48.8 Å². The summed E-state index contributed by atoms with van der Waals surface area (Å²) in [5, 5.41) is 34.2. The number of ether oxygens (including phenoxy) is 2. The lowest BCUT2D eigenvalue weighted by Crippen LogP contribution is -2.61. The lowest BCUT2D eigenvalue weighted by molar-refractivity contribution is -0.385. The van der Waals surface area contributed by atoms with Crippen molar-refractivity contribution in [2.75, 3.05) is 12.3 Å². The number of carbonyl (C=O) groups is 3. The van der Waals surface area contributed by atoms with E-state index in [1.165, 1.54) is 72.1 Å². The van der Waals surface area contributed by atoms with Crippen LogP contribution in [-0.2, 0) is 32.3 Å². The second-order valence-electron chi connectivity index (χ2n) is 9.29. The standard InChI is InChI=1S/C26H26N4O10S/c1-15(31)22-20-12-21(41-11-10-27-26(34)40-14-17-4-8-19(9-5-17)30(37)38)23(28(20)24(22)32)25(33)39-13-16-2-6-18(7-3-16)29(35)36/h2-9,15,20,22,31H,10-14H2,1H3,(H,27,34)/t15-,20+,22+/m0/s1. The number of carbonyl (C=O) groups excluding carboxylic acids is 3. The summed E-state index contributed by atoms with van der Waals surface area (Å²) in [5.74, 6) is -1.41. The summed E-state index contributed by atoms with van der Waals surface area (Å²) in [6.07, 6.45) is -1.24. The predicted molar refractivity (Wildman–Crippen MR) is 144 cm³/mol. The first-order chi connectivity index (χ1) is 19.6. The molecule has 2 heterocycles. The number of amides is 2. The van der Waals surface area contributed by atoms with Crippen LogP contribution >= 0.6 is 11.8 Å². The summed E-state index contributed by atoms with van der Waals surface area (Å²) in [5.41, 5.74) is 1.03. The minimum absolute atomic E-state index is 0.0720. The molecule has 216 valence electrons. The number of hydrogen-bond acceptors (Lipinski definition) is 11. The van der Waals surface area contributed by atoms with Gasteiger partial charge in [0, 0.05) is 47.9 Å². The summed E-state index contributed by atoms with van der Waals surface area (Å²) >= 11 is 1.27. The Morgan fingerprint density at radius 1 is 1.02 bits per heavy atom. The van der Waals surface area contributed by atoms with Gasteiger partial charge in [0.2, 0.25) is 5.91 Å². The molecule has 2 aromatic carbocycles. The molecule has 2 N–H and O–H groups in total. The summed E-state index contributed by atoms with van der Waals surface area (Å²) in [6.45, 7) is 1.46. The van der Waals surface area contributed by atoms with Crippen LogP contribution in [0.25, 0.3) is 0 Å². The Hall–Kier alpha value is -4.50. The van der Waals surface area contributed by atoms with Gasteiger partial charge in [-0.05, 0) is 42.3 Å². The fourth-order valence-electron chi connectivity index (χ4n) is 4.52. The Morgan fingerprint density at radius 2 is 1.56 bits per heavy atom. The molecule has 0 saturated carbocycles. The van der Waals surface area contributed by atoms with Crippen LogP contribution < -0.4 is 5.32 Å². The fourth-order valence-corrected chi connectivity index (χ4v) is 5.58. The monoisotopic (exact) mass is 586 g/mol. The number of nitrogens with zero attached hydrogens (tertiary/aromatic N) is 3. The number of thioether (sulfide) groups is 1. The number of rotatable bonds is 12. The van der Waals surface area contributed by atoms with Crippen molar-refractivity contribution in [3.63, 3.8) is 0 Å². The first-order valence-electron chi connectivity index (χ1n) is 12.5. The van der Waals surface area contributed by atoms with Crippen molar-refractivity contribution in [3.05, 3.63) is 90.5 Å². The largest absolute Gasteiger partial charge is 0.456 e. The molecular weight excluding hydrogens is 560 g/mol. The van der Waals surface area contributed by atoms with Crippen LogP contribution in [0.15, 0.2) is 59.1 Å². The van der Waals surface area contributed by atoms with Gasteiger partial charge in [-0.2, -0.15) is 0 Å². The number of fused-ring (bicyclic) bond motifs is 1. The van der Waals surface area contributed by atoms with Crippen molar-refractivity contribution in [3.8, 4) is 0 Å². The van der Waals surface area contributed by atoms with Gasteiger partial charge in [0.05, 0.1) is 27.9 Å². The molecule has 0 bridgehead atoms. The van der Waals surface area contributed by atoms with Crippen molar-refractivity contribution < 1.29 is 38.8 Å². The van der Waals surface area contributed by atoms with Crippen molar-refractivity contribution in [1.29, 1.82) is 0 Å². The van der Waals surface area contributed by atoms with Gasteiger partial charge in [0.1, 0.15) is 18.9 Å². The maximum Gasteiger partial charge on any atom is 0.407 e. The van der Waals surface area contributed by atoms with E-state index in [1.54, 1.807) is 0 Å². The van der Waals surface area contributed by atoms with Crippen molar-refractivity contribution in [2.24, 2.45) is 5.92 Å². The van der Waals surface area contributed by atoms with E-state index >= 15 is 0 Å². The van der Waals surface area contributed by atoms with Crippen LogP contribution in [0.3, 0.4) is 0 Å². The summed E-state index contributed by atoms with van der Waals surface area (Å²) in [6, 6.07) is 10.8. The molecular formula is C26H26N4O10S. The Morgan fingerprint density at radius 3 is 2.07 bits per heavy atom. The number of benzene rings is 2. The molecule has 2 amide bonds. The lowest BCUT2D eigenvalue weighted by Gasteiger charge is -2.44. The van der Waals surface area contributed by atoms with E-state index in [2.05, 4.69) is 5.32 Å². The maximum absolute atomic E-state index is 13.1. The van der Waals surface area contributed by atoms with Crippen molar-refractivity contribution in [1.82, 2.24) is 10.2 Å². The van der Waals surface area contributed by atoms with E-state index in [4.69, 9.17) is 9.47 Å². The second kappa shape index (κ2) is 12.8. The zero-order valence-electron chi connectivity index (χ0n) is 21.8. The molecule has 4 rings (SSSR count). The second-order valence-corrected chi connectivity index (χ2v) is 10.5. The first kappa shape index (κ1) is 29.5. The fraction of sp³-hybridized carbons (Fsp3) is 0.346. The average molecular weight is 587 g/mol. The zero-order valence-corrected chi connectivity index (χ0v) is 22.6. The lowest BCUT2D eigenvalue weighted by atomic mass is 9.83. The third-order valence-corrected chi connectivity index (χ3v) is 7.68. The van der Waals surface area contributed by atoms with Gasteiger partial charge in [0.25, 0.3) is 11.4 Å². The van der Waals surface area contributed by atoms with Gasteiger partial charge in [-0.3, -0.25) is 25.0 Å². The number of aliphatic hydroxyl groups excluding tert-OH is 1. The van der Waals surface area contributed by atoms with E-state index in [1.807, 2.05) is 0 Å². The summed E-state index contributed by atoms with van der Waals surface area (Å²) < 4.78 is 10.5. The molecule has 0 aromatic heterocycles. The quantitative estimate of drug-likeness (QED) is 0.122. The molecule has 1 saturated heterocycles. The molecule has 2 aromatic rings. The van der Waals surface area contributed by atoms with Crippen LogP contribution in [0.5, 0.6) is 0 Å². The molecule has 2 aliphatic rings. The van der Waals surface area contributed by atoms with E-state index in [9.17, 15) is 39.7 Å². The van der Waals surface area contributed by atoms with Gasteiger partial charge in [-0.25, -0.2) is 9.59 Å². The molecule has 14 nitrogen and oxygen atoms in total. The number of nitro groups is 2. The molecule has 15 heteroatoms. The number of nitrogens with one attached hydrogen (secondary N) is 1. The van der Waals surface area contributed by atoms with Crippen LogP contribution in [-0.4, -0.2) is 62.3 Å². The molecule has 0 unspecified atom stereocenters. The van der Waals surface area contributed by atoms with E-state index in [0.29, 0.717) is 28.2 Å². The predicted octanol–water partition coefficient (Wildman–Crippen LogP) is 3.03. The van der Waals surface area contributed by atoms with Crippen LogP contribution in [0.4, 0.5) is 16.2 Å². The van der Waals surface area contributed by atoms with Gasteiger partial charge in [-0.15, -0.1) is 11.8 Å². The summed E-state index contributed by atoms with van der Waals surface area (Å²) in [7, 11) is 0. The zero-order chi connectivity index (χ0) is 29.7. The molecule has 2 aliphatic heterocycles. The first-order valence-corrected chi connectivity index (χ1v) is 13.5. The highest BCUT2D eigenvalue weighted by atomic mass is 32.2. The molecule has 41 heavy (non-hydrogen) atoms. The minimum atomic E-state index is -0.891. The van der Waals surface area contributed by atoms with Crippen LogP contribution in [0.2, 0.25) is 0 Å². The van der Waals surface area contributed by atoms with Crippen molar-refractivity contribution in [2.45, 2.75) is 38.7 Å². The Balaban J connectivity index is 1.32. The smallest absolute Gasteiger partial charge is 0.407 e. The number of β-lactam (4-membered cyclic amide) rings is 1. The Kier molecular flexibility index (Phi) is 9.19. The topological polar surface area (TPSA) is 191 Å². The number of esters is 1. The normalized spacial score (nSPS) is 18.3. The van der Waals surface area contributed by atoms with E-state index < -0.39 is 33.9 Å². The highest BCUT2D eigenvalue weighted by Crippen LogP contribution is 2.47. The van der Waals surface area contributed by atoms with Crippen LogP contribution in [0, 0.1) is 26.1 Å². The van der Waals surface area contributed by atoms with E-state index in [0.717, 1.165) is 0 Å². The van der Waals surface area contributed by atoms with Gasteiger partial charge < -0.3 is 24.8 Å². The Labute approximate surface area is 237 Å². The number of aliphatic hydroxyl groups is 1. The number of alkyl carbamates (subject to hydrolysis) is 1. The van der Waals surface area contributed by atoms with Gasteiger partial charge in [-0.1, -0.05) is 0 Å². The average Bonchev–Trinajstić information content (AvgIpc) is 3.27. The molecule has 3 atom stereocenters. The highest BCUT2D eigenvalue weighted by Gasteiger charge is 2.57. The Bertz CT molecular complexity index is 1380. The molecule has 0 radical (unpaired) electrons. The number of hydrogen-bond donors (Lipinski definition) is 2. The third-order valence-electron chi connectivity index (χ3n) is 6.56. The molecule has 0 aliphatic carbocycles. The third kappa shape index (κ3) is 6.81. The van der Waals surface area contributed by atoms with Crippen molar-refractivity contribution >= 4 is 41.1 Å². The SMILES string of the molecule is C[C@H](O)[C@H]1C(=O)N2C(C(=O)OCc3ccc([N+](=O)[O-])cc3)=C(SCCNC(=O)OCc3ccc([N+](=O)[O-])cc3)C[C@H]12. The van der Waals surface area contributed by atoms with Crippen LogP contribution in [0.1, 0.15) is 24.5 Å². The molecule has 0 spiro atoms. The number of nitro benzene ring substituents is 2.